The van der Waals surface area contributed by atoms with Crippen LogP contribution in [0, 0.1) is 18.3 Å². The molecule has 88 valence electrons. The van der Waals surface area contributed by atoms with Gasteiger partial charge in [0, 0.05) is 18.2 Å². The second kappa shape index (κ2) is 5.01. The minimum atomic E-state index is 0.0615. The summed E-state index contributed by atoms with van der Waals surface area (Å²) in [4.78, 5) is 14.1. The summed E-state index contributed by atoms with van der Waals surface area (Å²) in [7, 11) is 0. The molecule has 3 nitrogen and oxygen atoms in total. The maximum absolute atomic E-state index is 12.3. The van der Waals surface area contributed by atoms with Crippen LogP contribution in [0.1, 0.15) is 35.2 Å². The molecule has 1 aromatic carbocycles. The number of carbonyl (C=O) groups is 1. The van der Waals surface area contributed by atoms with Gasteiger partial charge in [0.15, 0.2) is 0 Å². The van der Waals surface area contributed by atoms with Crippen LogP contribution in [-0.2, 0) is 0 Å². The highest BCUT2D eigenvalue weighted by Gasteiger charge is 2.32. The first-order valence-corrected chi connectivity index (χ1v) is 5.97. The molecular formula is C14H16N2O. The smallest absolute Gasteiger partial charge is 0.254 e. The minimum Gasteiger partial charge on any atom is -0.335 e. The zero-order valence-electron chi connectivity index (χ0n) is 10.0. The Balaban J connectivity index is 2.13. The maximum Gasteiger partial charge on any atom is 0.254 e. The van der Waals surface area contributed by atoms with E-state index in [1.54, 1.807) is 0 Å². The molecule has 0 bridgehead atoms. The van der Waals surface area contributed by atoms with Gasteiger partial charge in [0.1, 0.15) is 0 Å². The molecule has 17 heavy (non-hydrogen) atoms. The van der Waals surface area contributed by atoms with Crippen molar-refractivity contribution in [3.63, 3.8) is 0 Å². The van der Waals surface area contributed by atoms with E-state index in [0.29, 0.717) is 19.0 Å². The van der Waals surface area contributed by atoms with Gasteiger partial charge in [0.05, 0.1) is 12.5 Å². The van der Waals surface area contributed by atoms with Crippen molar-refractivity contribution in [2.45, 2.75) is 32.2 Å². The van der Waals surface area contributed by atoms with Crippen LogP contribution in [0.4, 0.5) is 0 Å². The molecule has 0 aromatic heterocycles. The fourth-order valence-electron chi connectivity index (χ4n) is 1.95. The Morgan fingerprint density at radius 2 is 2.29 bits per heavy atom. The quantitative estimate of drug-likeness (QED) is 0.794. The second-order valence-corrected chi connectivity index (χ2v) is 4.51. The van der Waals surface area contributed by atoms with Gasteiger partial charge in [-0.3, -0.25) is 4.79 Å². The van der Waals surface area contributed by atoms with E-state index in [1.165, 1.54) is 0 Å². The zero-order chi connectivity index (χ0) is 12.3. The van der Waals surface area contributed by atoms with Crippen molar-refractivity contribution < 1.29 is 4.79 Å². The average molecular weight is 228 g/mol. The highest BCUT2D eigenvalue weighted by Crippen LogP contribution is 2.28. The molecule has 0 spiro atoms. The lowest BCUT2D eigenvalue weighted by Gasteiger charge is -2.21. The zero-order valence-corrected chi connectivity index (χ0v) is 10.0. The maximum atomic E-state index is 12.3. The second-order valence-electron chi connectivity index (χ2n) is 4.51. The number of nitrogens with zero attached hydrogens (tertiary/aromatic N) is 2. The normalized spacial score (nSPS) is 14.1. The van der Waals surface area contributed by atoms with Crippen molar-refractivity contribution in [3.05, 3.63) is 35.4 Å². The Bertz CT molecular complexity index is 458. The Morgan fingerprint density at radius 1 is 1.53 bits per heavy atom. The highest BCUT2D eigenvalue weighted by molar-refractivity contribution is 5.94. The summed E-state index contributed by atoms with van der Waals surface area (Å²) in [6.45, 7) is 2.53. The van der Waals surface area contributed by atoms with Gasteiger partial charge in [-0.1, -0.05) is 17.7 Å². The molecule has 0 saturated heterocycles. The lowest BCUT2D eigenvalue weighted by atomic mass is 10.1. The fraction of sp³-hybridized carbons (Fsp3) is 0.429. The summed E-state index contributed by atoms with van der Waals surface area (Å²) in [5.74, 6) is 0.0615. The molecule has 1 aromatic rings. The summed E-state index contributed by atoms with van der Waals surface area (Å²) in [6, 6.07) is 10.1. The van der Waals surface area contributed by atoms with Crippen molar-refractivity contribution in [2.24, 2.45) is 0 Å². The molecule has 0 atom stereocenters. The number of rotatable bonds is 4. The van der Waals surface area contributed by atoms with Crippen LogP contribution in [-0.4, -0.2) is 23.4 Å². The standard InChI is InChI=1S/C14H16N2O/c1-11-4-2-5-12(10-11)14(17)16(9-3-8-15)13-6-7-13/h2,4-5,10,13H,3,6-7,9H2,1H3. The molecule has 0 heterocycles. The first kappa shape index (κ1) is 11.7. The fourth-order valence-corrected chi connectivity index (χ4v) is 1.95. The Labute approximate surface area is 102 Å². The monoisotopic (exact) mass is 228 g/mol. The number of hydrogen-bond donors (Lipinski definition) is 0. The van der Waals surface area contributed by atoms with Crippen LogP contribution < -0.4 is 0 Å². The summed E-state index contributed by atoms with van der Waals surface area (Å²) in [6.07, 6.45) is 2.56. The first-order valence-electron chi connectivity index (χ1n) is 5.97. The van der Waals surface area contributed by atoms with Crippen LogP contribution in [0.15, 0.2) is 24.3 Å². The highest BCUT2D eigenvalue weighted by atomic mass is 16.2. The van der Waals surface area contributed by atoms with E-state index in [9.17, 15) is 4.79 Å². The van der Waals surface area contributed by atoms with E-state index in [4.69, 9.17) is 5.26 Å². The van der Waals surface area contributed by atoms with E-state index in [0.717, 1.165) is 24.0 Å². The van der Waals surface area contributed by atoms with E-state index >= 15 is 0 Å². The summed E-state index contributed by atoms with van der Waals surface area (Å²) in [5, 5.41) is 8.63. The molecule has 3 heteroatoms. The molecule has 1 saturated carbocycles. The van der Waals surface area contributed by atoms with E-state index < -0.39 is 0 Å². The number of aryl methyl sites for hydroxylation is 1. The van der Waals surface area contributed by atoms with Crippen molar-refractivity contribution in [2.75, 3.05) is 6.54 Å². The van der Waals surface area contributed by atoms with Gasteiger partial charge in [-0.25, -0.2) is 0 Å². The molecule has 2 rings (SSSR count). The molecular weight excluding hydrogens is 212 g/mol. The van der Waals surface area contributed by atoms with E-state index in [2.05, 4.69) is 6.07 Å². The summed E-state index contributed by atoms with van der Waals surface area (Å²) < 4.78 is 0. The lowest BCUT2D eigenvalue weighted by Crippen LogP contribution is -2.33. The predicted molar refractivity (Wildman–Crippen MR) is 65.5 cm³/mol. The van der Waals surface area contributed by atoms with Gasteiger partial charge in [-0.15, -0.1) is 0 Å². The van der Waals surface area contributed by atoms with Crippen molar-refractivity contribution in [1.29, 1.82) is 5.26 Å². The number of carbonyl (C=O) groups excluding carboxylic acids is 1. The summed E-state index contributed by atoms with van der Waals surface area (Å²) in [5.41, 5.74) is 1.82. The van der Waals surface area contributed by atoms with Crippen LogP contribution in [0.5, 0.6) is 0 Å². The molecule has 0 unspecified atom stereocenters. The Hall–Kier alpha value is -1.82. The minimum absolute atomic E-state index is 0.0615. The molecule has 0 radical (unpaired) electrons. The van der Waals surface area contributed by atoms with E-state index in [-0.39, 0.29) is 5.91 Å². The van der Waals surface area contributed by atoms with Gasteiger partial charge in [-0.2, -0.15) is 5.26 Å². The van der Waals surface area contributed by atoms with E-state index in [1.807, 2.05) is 36.1 Å². The van der Waals surface area contributed by atoms with Crippen LogP contribution in [0.25, 0.3) is 0 Å². The third-order valence-corrected chi connectivity index (χ3v) is 2.98. The van der Waals surface area contributed by atoms with Crippen molar-refractivity contribution >= 4 is 5.91 Å². The third kappa shape index (κ3) is 2.85. The van der Waals surface area contributed by atoms with Gasteiger partial charge < -0.3 is 4.90 Å². The topological polar surface area (TPSA) is 44.1 Å². The van der Waals surface area contributed by atoms with Gasteiger partial charge in [0.25, 0.3) is 5.91 Å². The lowest BCUT2D eigenvalue weighted by molar-refractivity contribution is 0.0746. The molecule has 1 aliphatic carbocycles. The first-order chi connectivity index (χ1) is 8.22. The van der Waals surface area contributed by atoms with Gasteiger partial charge in [0.2, 0.25) is 0 Å². The SMILES string of the molecule is Cc1cccc(C(=O)N(CCC#N)C2CC2)c1. The Morgan fingerprint density at radius 3 is 2.88 bits per heavy atom. The number of nitriles is 1. The van der Waals surface area contributed by atoms with Gasteiger partial charge >= 0.3 is 0 Å². The van der Waals surface area contributed by atoms with Crippen LogP contribution >= 0.6 is 0 Å². The molecule has 0 aliphatic heterocycles. The predicted octanol–water partition coefficient (Wildman–Crippen LogP) is 2.51. The number of hydrogen-bond acceptors (Lipinski definition) is 2. The van der Waals surface area contributed by atoms with Crippen molar-refractivity contribution in [3.8, 4) is 6.07 Å². The molecule has 1 fully saturated rings. The molecule has 1 aliphatic rings. The van der Waals surface area contributed by atoms with Gasteiger partial charge in [-0.05, 0) is 31.9 Å². The molecule has 1 amide bonds. The third-order valence-electron chi connectivity index (χ3n) is 2.98. The number of benzene rings is 1. The summed E-state index contributed by atoms with van der Waals surface area (Å²) >= 11 is 0. The Kier molecular flexibility index (Phi) is 3.43. The largest absolute Gasteiger partial charge is 0.335 e. The number of amides is 1. The van der Waals surface area contributed by atoms with Crippen LogP contribution in [0.3, 0.4) is 0 Å². The van der Waals surface area contributed by atoms with Crippen molar-refractivity contribution in [1.82, 2.24) is 4.90 Å². The average Bonchev–Trinajstić information content (AvgIpc) is 3.14. The van der Waals surface area contributed by atoms with Crippen LogP contribution in [0.2, 0.25) is 0 Å². The molecule has 0 N–H and O–H groups in total.